The fourth-order valence-electron chi connectivity index (χ4n) is 6.96. The van der Waals surface area contributed by atoms with Crippen LogP contribution in [-0.4, -0.2) is 89.7 Å². The van der Waals surface area contributed by atoms with Crippen LogP contribution in [0.1, 0.15) is 63.3 Å². The number of carbonyl (C=O) groups is 3. The molecule has 0 spiro atoms. The molecule has 10 heteroatoms. The van der Waals surface area contributed by atoms with Gasteiger partial charge >= 0.3 is 0 Å². The van der Waals surface area contributed by atoms with E-state index in [4.69, 9.17) is 9.47 Å². The molecule has 218 valence electrons. The van der Waals surface area contributed by atoms with Crippen molar-refractivity contribution in [2.45, 2.75) is 84.3 Å². The number of aromatic hydroxyl groups is 1. The number of hydrogen-bond acceptors (Lipinski definition) is 9. The van der Waals surface area contributed by atoms with E-state index in [1.54, 1.807) is 13.8 Å². The van der Waals surface area contributed by atoms with E-state index >= 15 is 0 Å². The summed E-state index contributed by atoms with van der Waals surface area (Å²) in [5.74, 6) is -0.438. The average Bonchev–Trinajstić information content (AvgIpc) is 2.94. The van der Waals surface area contributed by atoms with Crippen LogP contribution >= 0.6 is 0 Å². The van der Waals surface area contributed by atoms with E-state index in [1.165, 1.54) is 14.2 Å². The Hall–Kier alpha value is -3.21. The largest absolute Gasteiger partial charge is 0.504 e. The molecule has 1 saturated heterocycles. The SMILES string of the molecule is CC.CCC(=O)NC[C@H]1C2=C(C[C@H]3C4c5c(cc(C)c(OC)c5O)CC([C@H](O)N13)N4C)C(=O)C(C)=C(OC)C2=O. The van der Waals surface area contributed by atoms with Crippen LogP contribution in [-0.2, 0) is 25.5 Å². The summed E-state index contributed by atoms with van der Waals surface area (Å²) in [6.07, 6.45) is -0.0631. The summed E-state index contributed by atoms with van der Waals surface area (Å²) in [4.78, 5) is 43.4. The standard InChI is InChI=1S/C28H35N3O7.C2H6/c1-7-19(32)29-11-18-21-15(23(33)13(3)27(38-6)25(21)35)10-16-22-20-14(8-12(2)26(37-5)24(20)34)9-17(30(22)4)28(36)31(16)18;1-2/h8,16-18,22,28,34,36H,7,9-11H2,1-6H3,(H,29,32);1-2H3/t16-,17?,18-,22?,28-;/m0./s1. The van der Waals surface area contributed by atoms with Crippen molar-refractivity contribution in [1.82, 2.24) is 15.1 Å². The quantitative estimate of drug-likeness (QED) is 0.469. The Kier molecular flexibility index (Phi) is 8.44. The van der Waals surface area contributed by atoms with Crippen LogP contribution in [0.15, 0.2) is 28.5 Å². The number of aryl methyl sites for hydroxylation is 1. The third kappa shape index (κ3) is 4.33. The van der Waals surface area contributed by atoms with Crippen molar-refractivity contribution in [2.24, 2.45) is 0 Å². The van der Waals surface area contributed by atoms with Crippen LogP contribution in [0, 0.1) is 6.92 Å². The third-order valence-corrected chi connectivity index (χ3v) is 8.71. The predicted molar refractivity (Wildman–Crippen MR) is 149 cm³/mol. The molecule has 1 aliphatic carbocycles. The van der Waals surface area contributed by atoms with Crippen molar-refractivity contribution in [1.29, 1.82) is 0 Å². The molecule has 3 heterocycles. The van der Waals surface area contributed by atoms with Crippen molar-refractivity contribution in [2.75, 3.05) is 27.8 Å². The third-order valence-electron chi connectivity index (χ3n) is 8.71. The number of aliphatic hydroxyl groups excluding tert-OH is 1. The summed E-state index contributed by atoms with van der Waals surface area (Å²) in [7, 11) is 4.78. The predicted octanol–water partition coefficient (Wildman–Crippen LogP) is 2.30. The molecule has 1 fully saturated rings. The second-order valence-corrected chi connectivity index (χ2v) is 10.5. The Morgan fingerprint density at radius 1 is 1.10 bits per heavy atom. The smallest absolute Gasteiger partial charge is 0.226 e. The van der Waals surface area contributed by atoms with Gasteiger partial charge in [0.1, 0.15) is 6.23 Å². The van der Waals surface area contributed by atoms with Gasteiger partial charge in [-0.3, -0.25) is 24.2 Å². The molecule has 5 atom stereocenters. The van der Waals surface area contributed by atoms with Crippen LogP contribution in [0.3, 0.4) is 0 Å². The van der Waals surface area contributed by atoms with Crippen molar-refractivity contribution in [3.8, 4) is 11.5 Å². The molecule has 3 N–H and O–H groups in total. The maximum atomic E-state index is 13.7. The van der Waals surface area contributed by atoms with Gasteiger partial charge in [0.15, 0.2) is 23.0 Å². The first-order valence-electron chi connectivity index (χ1n) is 14.0. The van der Waals surface area contributed by atoms with Crippen molar-refractivity contribution in [3.63, 3.8) is 0 Å². The Morgan fingerprint density at radius 3 is 2.38 bits per heavy atom. The van der Waals surface area contributed by atoms with Crippen LogP contribution in [0.5, 0.6) is 11.5 Å². The molecule has 40 heavy (non-hydrogen) atoms. The van der Waals surface area contributed by atoms with Crippen LogP contribution in [0.2, 0.25) is 0 Å². The summed E-state index contributed by atoms with van der Waals surface area (Å²) in [5.41, 5.74) is 3.30. The van der Waals surface area contributed by atoms with E-state index in [0.29, 0.717) is 23.3 Å². The summed E-state index contributed by atoms with van der Waals surface area (Å²) >= 11 is 0. The van der Waals surface area contributed by atoms with Crippen molar-refractivity contribution >= 4 is 17.5 Å². The second kappa shape index (κ2) is 11.3. The number of nitrogens with zero attached hydrogens (tertiary/aromatic N) is 2. The van der Waals surface area contributed by atoms with Gasteiger partial charge in [0.25, 0.3) is 0 Å². The van der Waals surface area contributed by atoms with Gasteiger partial charge in [0.05, 0.1) is 32.3 Å². The van der Waals surface area contributed by atoms with Crippen molar-refractivity contribution < 1.29 is 34.1 Å². The number of ether oxygens (including phenoxy) is 2. The number of Topliss-reactive ketones (excluding diaryl/α,β-unsaturated/α-hetero) is 2. The molecule has 1 amide bonds. The summed E-state index contributed by atoms with van der Waals surface area (Å²) in [5, 5.41) is 26.0. The molecule has 0 aromatic heterocycles. The van der Waals surface area contributed by atoms with E-state index in [2.05, 4.69) is 5.32 Å². The van der Waals surface area contributed by atoms with E-state index in [1.807, 2.05) is 43.7 Å². The average molecular weight is 556 g/mol. The van der Waals surface area contributed by atoms with E-state index < -0.39 is 30.1 Å². The highest BCUT2D eigenvalue weighted by atomic mass is 16.5. The van der Waals surface area contributed by atoms with E-state index in [9.17, 15) is 24.6 Å². The van der Waals surface area contributed by atoms with Gasteiger partial charge in [-0.1, -0.05) is 26.8 Å². The number of phenols is 1. The number of methoxy groups -OCH3 is 2. The molecule has 0 radical (unpaired) electrons. The highest BCUT2D eigenvalue weighted by Crippen LogP contribution is 2.53. The first kappa shape index (κ1) is 29.8. The number of hydrogen-bond donors (Lipinski definition) is 3. The molecule has 5 rings (SSSR count). The topological polar surface area (TPSA) is 129 Å². The van der Waals surface area contributed by atoms with Crippen LogP contribution in [0.4, 0.5) is 0 Å². The lowest BCUT2D eigenvalue weighted by molar-refractivity contribution is -0.167. The summed E-state index contributed by atoms with van der Waals surface area (Å²) < 4.78 is 10.9. The number of nitrogens with one attached hydrogen (secondary N) is 1. The molecule has 3 aliphatic heterocycles. The number of aliphatic hydroxyl groups is 1. The Morgan fingerprint density at radius 2 is 1.77 bits per heavy atom. The minimum atomic E-state index is -0.988. The molecule has 2 unspecified atom stereocenters. The van der Waals surface area contributed by atoms with Gasteiger partial charge in [0.2, 0.25) is 11.7 Å². The second-order valence-electron chi connectivity index (χ2n) is 10.5. The number of fused-ring (bicyclic) bond motifs is 6. The first-order chi connectivity index (χ1) is 19.1. The number of carbonyl (C=O) groups excluding carboxylic acids is 3. The Labute approximate surface area is 235 Å². The van der Waals surface area contributed by atoms with Gasteiger partial charge in [-0.25, -0.2) is 0 Å². The van der Waals surface area contributed by atoms with Gasteiger partial charge in [-0.2, -0.15) is 0 Å². The minimum absolute atomic E-state index is 0.00830. The zero-order chi connectivity index (χ0) is 29.6. The lowest BCUT2D eigenvalue weighted by Crippen LogP contribution is -2.71. The maximum absolute atomic E-state index is 13.7. The highest BCUT2D eigenvalue weighted by molar-refractivity contribution is 6.25. The number of ketones is 2. The summed E-state index contributed by atoms with van der Waals surface area (Å²) in [6.45, 7) is 9.23. The number of amides is 1. The molecular weight excluding hydrogens is 514 g/mol. The van der Waals surface area contributed by atoms with Gasteiger partial charge in [0, 0.05) is 41.3 Å². The van der Waals surface area contributed by atoms with Crippen molar-refractivity contribution in [3.05, 3.63) is 45.2 Å². The lowest BCUT2D eigenvalue weighted by atomic mass is 9.71. The van der Waals surface area contributed by atoms with E-state index in [0.717, 1.165) is 11.1 Å². The molecule has 4 aliphatic rings. The monoisotopic (exact) mass is 555 g/mol. The maximum Gasteiger partial charge on any atom is 0.226 e. The molecular formula is C30H41N3O7. The minimum Gasteiger partial charge on any atom is -0.504 e. The van der Waals surface area contributed by atoms with Crippen LogP contribution in [0.25, 0.3) is 0 Å². The summed E-state index contributed by atoms with van der Waals surface area (Å²) in [6, 6.07) is 0.0494. The lowest BCUT2D eigenvalue weighted by Gasteiger charge is -2.60. The van der Waals surface area contributed by atoms with Gasteiger partial charge in [-0.05, 0) is 44.9 Å². The highest BCUT2D eigenvalue weighted by Gasteiger charge is 2.57. The number of rotatable bonds is 5. The fraction of sp³-hybridized carbons (Fsp3) is 0.567. The fourth-order valence-corrected chi connectivity index (χ4v) is 6.96. The van der Waals surface area contributed by atoms with Gasteiger partial charge < -0.3 is 25.0 Å². The van der Waals surface area contributed by atoms with Gasteiger partial charge in [-0.15, -0.1) is 0 Å². The Bertz CT molecular complexity index is 1300. The molecule has 0 saturated carbocycles. The normalized spacial score (nSPS) is 27.8. The zero-order valence-corrected chi connectivity index (χ0v) is 24.6. The van der Waals surface area contributed by atoms with Crippen LogP contribution < -0.4 is 10.1 Å². The van der Waals surface area contributed by atoms with E-state index in [-0.39, 0.29) is 59.8 Å². The number of phenolic OH excluding ortho intramolecular Hbond substituents is 1. The number of allylic oxidation sites excluding steroid dienone is 2. The zero-order valence-electron chi connectivity index (χ0n) is 24.6. The molecule has 1 aromatic rings. The Balaban J connectivity index is 0.00000181. The molecule has 10 nitrogen and oxygen atoms in total. The molecule has 2 bridgehead atoms. The number of benzene rings is 1. The number of likely N-dealkylation sites (N-methyl/N-ethyl adjacent to an activating group) is 1. The number of piperazine rings is 1. The first-order valence-corrected chi connectivity index (χ1v) is 14.0. The molecule has 1 aromatic carbocycles.